The standard InChI is InChI=1S/C13H9ClN4O3S/c14-13-17-5-3-10(18-13)8-1-2-9(11(7-8)22(20)21)12(19)16-6-4-15/h1-3,5,7H,6H2,(H,16,19)(H,20,21)/p-1. The number of carbonyl (C=O) groups excluding carboxylic acids is 1. The molecule has 1 aromatic carbocycles. The number of nitriles is 1. The van der Waals surface area contributed by atoms with E-state index in [9.17, 15) is 13.6 Å². The first-order chi connectivity index (χ1) is 10.5. The summed E-state index contributed by atoms with van der Waals surface area (Å²) in [5.74, 6) is -0.645. The molecular weight excluding hydrogens is 328 g/mol. The zero-order chi connectivity index (χ0) is 16.1. The van der Waals surface area contributed by atoms with Gasteiger partial charge in [-0.1, -0.05) is 6.07 Å². The Labute approximate surface area is 133 Å². The second kappa shape index (κ2) is 7.09. The van der Waals surface area contributed by atoms with Gasteiger partial charge >= 0.3 is 0 Å². The first-order valence-corrected chi connectivity index (χ1v) is 7.35. The normalized spacial score (nSPS) is 11.5. The van der Waals surface area contributed by atoms with Crippen molar-refractivity contribution < 1.29 is 13.6 Å². The van der Waals surface area contributed by atoms with Gasteiger partial charge in [0.25, 0.3) is 5.91 Å². The van der Waals surface area contributed by atoms with E-state index in [1.54, 1.807) is 12.1 Å². The molecule has 1 heterocycles. The minimum atomic E-state index is -2.63. The van der Waals surface area contributed by atoms with E-state index in [1.165, 1.54) is 24.4 Å². The summed E-state index contributed by atoms with van der Waals surface area (Å²) < 4.78 is 22.7. The fourth-order valence-corrected chi connectivity index (χ4v) is 2.43. The molecule has 112 valence electrons. The van der Waals surface area contributed by atoms with Crippen LogP contribution in [0.1, 0.15) is 10.4 Å². The zero-order valence-corrected chi connectivity index (χ0v) is 12.5. The minimum absolute atomic E-state index is 0.0261. The molecule has 0 aliphatic heterocycles. The van der Waals surface area contributed by atoms with E-state index in [0.29, 0.717) is 11.3 Å². The minimum Gasteiger partial charge on any atom is -0.768 e. The van der Waals surface area contributed by atoms with Crippen LogP contribution in [-0.4, -0.2) is 31.2 Å². The number of halogens is 1. The lowest BCUT2D eigenvalue weighted by atomic mass is 10.1. The summed E-state index contributed by atoms with van der Waals surface area (Å²) in [5.41, 5.74) is 0.850. The number of rotatable bonds is 4. The van der Waals surface area contributed by atoms with Gasteiger partial charge in [0.1, 0.15) is 6.54 Å². The van der Waals surface area contributed by atoms with Crippen LogP contribution in [0.2, 0.25) is 5.28 Å². The van der Waals surface area contributed by atoms with Crippen molar-refractivity contribution in [2.45, 2.75) is 4.90 Å². The van der Waals surface area contributed by atoms with Crippen molar-refractivity contribution >= 4 is 28.6 Å². The van der Waals surface area contributed by atoms with Gasteiger partial charge in [-0.3, -0.25) is 9.00 Å². The molecule has 1 atom stereocenters. The van der Waals surface area contributed by atoms with Gasteiger partial charge in [-0.15, -0.1) is 0 Å². The van der Waals surface area contributed by atoms with Crippen LogP contribution in [0.25, 0.3) is 11.3 Å². The van der Waals surface area contributed by atoms with Crippen molar-refractivity contribution in [1.29, 1.82) is 5.26 Å². The van der Waals surface area contributed by atoms with E-state index in [0.717, 1.165) is 0 Å². The first kappa shape index (κ1) is 16.0. The molecule has 2 rings (SSSR count). The molecule has 0 fully saturated rings. The Kier molecular flexibility index (Phi) is 5.16. The van der Waals surface area contributed by atoms with Gasteiger partial charge in [0.2, 0.25) is 5.28 Å². The highest BCUT2D eigenvalue weighted by atomic mass is 35.5. The lowest BCUT2D eigenvalue weighted by Gasteiger charge is -2.13. The van der Waals surface area contributed by atoms with E-state index in [1.807, 2.05) is 0 Å². The summed E-state index contributed by atoms with van der Waals surface area (Å²) in [6.07, 6.45) is 1.44. The van der Waals surface area contributed by atoms with E-state index in [4.69, 9.17) is 16.9 Å². The van der Waals surface area contributed by atoms with Crippen molar-refractivity contribution in [3.63, 3.8) is 0 Å². The van der Waals surface area contributed by atoms with Gasteiger partial charge in [0.05, 0.1) is 17.3 Å². The summed E-state index contributed by atoms with van der Waals surface area (Å²) in [6, 6.07) is 7.50. The summed E-state index contributed by atoms with van der Waals surface area (Å²) in [4.78, 5) is 19.4. The first-order valence-electron chi connectivity index (χ1n) is 5.90. The quantitative estimate of drug-likeness (QED) is 0.511. The molecule has 22 heavy (non-hydrogen) atoms. The van der Waals surface area contributed by atoms with Crippen LogP contribution < -0.4 is 5.32 Å². The third kappa shape index (κ3) is 3.65. The number of hydrogen-bond donors (Lipinski definition) is 1. The number of benzene rings is 1. The molecule has 7 nitrogen and oxygen atoms in total. The van der Waals surface area contributed by atoms with Gasteiger partial charge in [0.15, 0.2) is 0 Å². The molecule has 1 unspecified atom stereocenters. The molecule has 0 aliphatic rings. The largest absolute Gasteiger partial charge is 0.768 e. The summed E-state index contributed by atoms with van der Waals surface area (Å²) in [5, 5.41) is 10.8. The molecule has 1 amide bonds. The maximum absolute atomic E-state index is 11.8. The predicted octanol–water partition coefficient (Wildman–Crippen LogP) is 1.29. The second-order valence-electron chi connectivity index (χ2n) is 4.00. The summed E-state index contributed by atoms with van der Waals surface area (Å²) >= 11 is 3.07. The van der Waals surface area contributed by atoms with Crippen molar-refractivity contribution in [1.82, 2.24) is 15.3 Å². The Morgan fingerprint density at radius 1 is 1.45 bits per heavy atom. The van der Waals surface area contributed by atoms with Crippen LogP contribution >= 0.6 is 11.6 Å². The Hall–Kier alpha value is -2.34. The highest BCUT2D eigenvalue weighted by molar-refractivity contribution is 7.79. The average molecular weight is 336 g/mol. The van der Waals surface area contributed by atoms with Crippen LogP contribution in [0.5, 0.6) is 0 Å². The predicted molar refractivity (Wildman–Crippen MR) is 77.6 cm³/mol. The maximum atomic E-state index is 11.8. The smallest absolute Gasteiger partial charge is 0.253 e. The van der Waals surface area contributed by atoms with Crippen LogP contribution in [0.4, 0.5) is 0 Å². The van der Waals surface area contributed by atoms with Gasteiger partial charge in [-0.25, -0.2) is 9.97 Å². The highest BCUT2D eigenvalue weighted by Gasteiger charge is 2.13. The topological polar surface area (TPSA) is 119 Å². The third-order valence-corrected chi connectivity index (χ3v) is 3.53. The molecule has 1 aromatic heterocycles. The molecular formula is C13H8ClN4O3S-. The fourth-order valence-electron chi connectivity index (χ4n) is 1.72. The van der Waals surface area contributed by atoms with Crippen molar-refractivity contribution in [3.8, 4) is 17.3 Å². The van der Waals surface area contributed by atoms with Crippen LogP contribution in [0.3, 0.4) is 0 Å². The monoisotopic (exact) mass is 335 g/mol. The number of aromatic nitrogens is 2. The Morgan fingerprint density at radius 3 is 2.86 bits per heavy atom. The molecule has 0 radical (unpaired) electrons. The lowest BCUT2D eigenvalue weighted by molar-refractivity contribution is 0.0955. The van der Waals surface area contributed by atoms with E-state index < -0.39 is 17.0 Å². The Balaban J connectivity index is 2.46. The second-order valence-corrected chi connectivity index (χ2v) is 5.24. The SMILES string of the molecule is N#CCNC(=O)c1ccc(-c2ccnc(Cl)n2)cc1S(=O)[O-]. The van der Waals surface area contributed by atoms with E-state index in [-0.39, 0.29) is 22.3 Å². The van der Waals surface area contributed by atoms with E-state index in [2.05, 4.69) is 15.3 Å². The average Bonchev–Trinajstić information content (AvgIpc) is 2.52. The molecule has 2 aromatic rings. The van der Waals surface area contributed by atoms with Crippen molar-refractivity contribution in [3.05, 3.63) is 41.3 Å². The summed E-state index contributed by atoms with van der Waals surface area (Å²) in [7, 11) is 0. The van der Waals surface area contributed by atoms with Crippen LogP contribution in [0.15, 0.2) is 35.4 Å². The maximum Gasteiger partial charge on any atom is 0.253 e. The van der Waals surface area contributed by atoms with Crippen molar-refractivity contribution in [2.24, 2.45) is 0 Å². The molecule has 9 heteroatoms. The van der Waals surface area contributed by atoms with Gasteiger partial charge < -0.3 is 9.87 Å². The van der Waals surface area contributed by atoms with Crippen LogP contribution in [-0.2, 0) is 11.1 Å². The Bertz CT molecular complexity index is 791. The molecule has 0 saturated carbocycles. The third-order valence-electron chi connectivity index (χ3n) is 2.66. The molecule has 0 bridgehead atoms. The van der Waals surface area contributed by atoms with E-state index >= 15 is 0 Å². The number of hydrogen-bond acceptors (Lipinski definition) is 6. The molecule has 0 aliphatic carbocycles. The fraction of sp³-hybridized carbons (Fsp3) is 0.0769. The molecule has 0 saturated heterocycles. The molecule has 0 spiro atoms. The molecule has 1 N–H and O–H groups in total. The number of amides is 1. The van der Waals surface area contributed by atoms with Gasteiger partial charge in [-0.05, 0) is 40.9 Å². The highest BCUT2D eigenvalue weighted by Crippen LogP contribution is 2.23. The van der Waals surface area contributed by atoms with Crippen LogP contribution in [0, 0.1) is 11.3 Å². The van der Waals surface area contributed by atoms with Gasteiger partial charge in [0, 0.05) is 16.7 Å². The summed E-state index contributed by atoms with van der Waals surface area (Å²) in [6.45, 7) is -0.215. The number of nitrogens with one attached hydrogen (secondary N) is 1. The Morgan fingerprint density at radius 2 is 2.23 bits per heavy atom. The number of carbonyl (C=O) groups is 1. The lowest BCUT2D eigenvalue weighted by Crippen LogP contribution is -2.24. The van der Waals surface area contributed by atoms with Crippen molar-refractivity contribution in [2.75, 3.05) is 6.54 Å². The number of nitrogens with zero attached hydrogens (tertiary/aromatic N) is 3. The zero-order valence-electron chi connectivity index (χ0n) is 10.9. The van der Waals surface area contributed by atoms with Gasteiger partial charge in [-0.2, -0.15) is 5.26 Å².